The quantitative estimate of drug-likeness (QED) is 0.573. The van der Waals surface area contributed by atoms with Gasteiger partial charge in [0, 0.05) is 6.42 Å². The van der Waals surface area contributed by atoms with Crippen LogP contribution in [0, 0.1) is 4.91 Å². The zero-order valence-corrected chi connectivity index (χ0v) is 9.44. The van der Waals surface area contributed by atoms with E-state index in [4.69, 9.17) is 0 Å². The van der Waals surface area contributed by atoms with E-state index in [1.807, 2.05) is 32.0 Å². The zero-order valence-electron chi connectivity index (χ0n) is 9.44. The van der Waals surface area contributed by atoms with Gasteiger partial charge in [-0.05, 0) is 18.9 Å². The highest BCUT2D eigenvalue weighted by atomic mass is 16.3. The lowest BCUT2D eigenvalue weighted by Gasteiger charge is -2.07. The van der Waals surface area contributed by atoms with E-state index in [9.17, 15) is 4.91 Å². The number of benzene rings is 1. The Morgan fingerprint density at radius 2 is 2.00 bits per heavy atom. The molecule has 0 aliphatic rings. The lowest BCUT2D eigenvalue weighted by Crippen LogP contribution is -2.36. The third-order valence-corrected chi connectivity index (χ3v) is 2.18. The van der Waals surface area contributed by atoms with Gasteiger partial charge >= 0.3 is 0 Å². The fraction of sp³-hybridized carbons (Fsp3) is 0.500. The van der Waals surface area contributed by atoms with Crippen LogP contribution in [0.1, 0.15) is 25.8 Å². The molecule has 0 aliphatic heterocycles. The minimum atomic E-state index is 0.177. The average Bonchev–Trinajstić information content (AvgIpc) is 2.19. The predicted octanol–water partition coefficient (Wildman–Crippen LogP) is 2.31. The standard InChI is InChI=1S/C12H19N2O/c1-3-9-14(15)13-11(2)10-12-7-5-4-6-8-12/h4-8,11H,3,9-10H2,1-2H3,(H,13,15)/q+1. The fourth-order valence-corrected chi connectivity index (χ4v) is 1.53. The van der Waals surface area contributed by atoms with Crippen LogP contribution in [0.2, 0.25) is 0 Å². The predicted molar refractivity (Wildman–Crippen MR) is 61.5 cm³/mol. The molecule has 0 saturated heterocycles. The monoisotopic (exact) mass is 207 g/mol. The van der Waals surface area contributed by atoms with E-state index in [1.54, 1.807) is 0 Å². The van der Waals surface area contributed by atoms with Crippen molar-refractivity contribution < 1.29 is 4.87 Å². The van der Waals surface area contributed by atoms with Crippen molar-refractivity contribution >= 4 is 0 Å². The molecular formula is C12H19N2O+. The van der Waals surface area contributed by atoms with Crippen molar-refractivity contribution in [1.29, 1.82) is 0 Å². The summed E-state index contributed by atoms with van der Waals surface area (Å²) in [4.78, 5) is 12.2. The van der Waals surface area contributed by atoms with Gasteiger partial charge in [0.2, 0.25) is 6.54 Å². The van der Waals surface area contributed by atoms with Crippen molar-refractivity contribution in [3.63, 3.8) is 0 Å². The molecule has 1 rings (SSSR count). The van der Waals surface area contributed by atoms with Gasteiger partial charge in [-0.1, -0.05) is 37.3 Å². The van der Waals surface area contributed by atoms with Gasteiger partial charge in [-0.15, -0.1) is 5.43 Å². The summed E-state index contributed by atoms with van der Waals surface area (Å²) in [5.41, 5.74) is 4.16. The molecule has 0 amide bonds. The van der Waals surface area contributed by atoms with Crippen molar-refractivity contribution in [2.75, 3.05) is 6.54 Å². The first-order chi connectivity index (χ1) is 7.22. The van der Waals surface area contributed by atoms with E-state index in [0.29, 0.717) is 6.54 Å². The van der Waals surface area contributed by atoms with Crippen LogP contribution in [0.3, 0.4) is 0 Å². The second-order valence-corrected chi connectivity index (χ2v) is 3.82. The molecule has 1 aromatic carbocycles. The van der Waals surface area contributed by atoms with E-state index >= 15 is 0 Å². The average molecular weight is 207 g/mol. The molecule has 0 aliphatic carbocycles. The van der Waals surface area contributed by atoms with Crippen LogP contribution >= 0.6 is 0 Å². The first kappa shape index (κ1) is 11.7. The summed E-state index contributed by atoms with van der Waals surface area (Å²) in [6, 6.07) is 10.4. The summed E-state index contributed by atoms with van der Waals surface area (Å²) in [7, 11) is 0. The molecule has 0 bridgehead atoms. The number of hydrogen-bond donors (Lipinski definition) is 1. The molecule has 3 nitrogen and oxygen atoms in total. The highest BCUT2D eigenvalue weighted by Gasteiger charge is 2.11. The smallest absolute Gasteiger partial charge is 0.150 e. The van der Waals surface area contributed by atoms with E-state index in [0.717, 1.165) is 17.7 Å². The van der Waals surface area contributed by atoms with Gasteiger partial charge in [0.15, 0.2) is 0 Å². The third-order valence-electron chi connectivity index (χ3n) is 2.18. The molecule has 1 unspecified atom stereocenters. The molecular weight excluding hydrogens is 188 g/mol. The summed E-state index contributed by atoms with van der Waals surface area (Å²) < 4.78 is 0. The molecule has 0 heterocycles. The van der Waals surface area contributed by atoms with Gasteiger partial charge in [0.25, 0.3) is 0 Å². The molecule has 1 atom stereocenters. The second-order valence-electron chi connectivity index (χ2n) is 3.82. The largest absolute Gasteiger partial charge is 0.224 e. The summed E-state index contributed by atoms with van der Waals surface area (Å²) in [5, 5.41) is 0. The number of nitrogens with one attached hydrogen (secondary N) is 1. The number of rotatable bonds is 6. The maximum atomic E-state index is 11.2. The molecule has 0 radical (unpaired) electrons. The molecule has 0 aromatic heterocycles. The minimum absolute atomic E-state index is 0.177. The topological polar surface area (TPSA) is 32.1 Å². The van der Waals surface area contributed by atoms with E-state index in [-0.39, 0.29) is 6.04 Å². The summed E-state index contributed by atoms with van der Waals surface area (Å²) in [5.74, 6) is 0. The molecule has 82 valence electrons. The summed E-state index contributed by atoms with van der Waals surface area (Å²) in [6.45, 7) is 4.56. The molecule has 15 heavy (non-hydrogen) atoms. The minimum Gasteiger partial charge on any atom is -0.150 e. The number of hydrogen-bond acceptors (Lipinski definition) is 1. The van der Waals surface area contributed by atoms with Crippen LogP contribution in [-0.4, -0.2) is 17.5 Å². The van der Waals surface area contributed by atoms with Crippen molar-refractivity contribution in [2.45, 2.75) is 32.7 Å². The van der Waals surface area contributed by atoms with Crippen molar-refractivity contribution in [1.82, 2.24) is 5.43 Å². The Kier molecular flexibility index (Phi) is 4.81. The SMILES string of the molecule is CCC[N+](=O)NC(C)Cc1ccccc1. The van der Waals surface area contributed by atoms with E-state index < -0.39 is 0 Å². The Bertz CT molecular complexity index is 298. The number of nitroso groups, excluding NO2 is 1. The molecule has 0 spiro atoms. The maximum absolute atomic E-state index is 11.2. The Balaban J connectivity index is 2.36. The Morgan fingerprint density at radius 3 is 2.60 bits per heavy atom. The third kappa shape index (κ3) is 4.58. The van der Waals surface area contributed by atoms with Crippen LogP contribution in [0.15, 0.2) is 30.3 Å². The Morgan fingerprint density at radius 1 is 1.33 bits per heavy atom. The van der Waals surface area contributed by atoms with Gasteiger partial charge in [-0.3, -0.25) is 0 Å². The van der Waals surface area contributed by atoms with Crippen LogP contribution in [0.4, 0.5) is 0 Å². The normalized spacial score (nSPS) is 12.1. The molecule has 1 aromatic rings. The van der Waals surface area contributed by atoms with E-state index in [2.05, 4.69) is 17.6 Å². The summed E-state index contributed by atoms with van der Waals surface area (Å²) >= 11 is 0. The number of hydrazine groups is 1. The van der Waals surface area contributed by atoms with Gasteiger partial charge in [-0.25, -0.2) is 0 Å². The van der Waals surface area contributed by atoms with Gasteiger partial charge in [-0.2, -0.15) is 0 Å². The molecule has 3 heteroatoms. The van der Waals surface area contributed by atoms with Gasteiger partial charge in [0.1, 0.15) is 4.87 Å². The van der Waals surface area contributed by atoms with Crippen LogP contribution in [0.25, 0.3) is 0 Å². The lowest BCUT2D eigenvalue weighted by molar-refractivity contribution is -0.612. The first-order valence-corrected chi connectivity index (χ1v) is 5.47. The van der Waals surface area contributed by atoms with Crippen molar-refractivity contribution in [3.05, 3.63) is 40.8 Å². The van der Waals surface area contributed by atoms with Crippen molar-refractivity contribution in [2.24, 2.45) is 0 Å². The van der Waals surface area contributed by atoms with E-state index in [1.165, 1.54) is 5.56 Å². The fourth-order valence-electron chi connectivity index (χ4n) is 1.53. The van der Waals surface area contributed by atoms with Crippen LogP contribution in [-0.2, 0) is 6.42 Å². The maximum Gasteiger partial charge on any atom is 0.224 e. The highest BCUT2D eigenvalue weighted by Crippen LogP contribution is 2.02. The van der Waals surface area contributed by atoms with Crippen LogP contribution in [0.5, 0.6) is 0 Å². The summed E-state index contributed by atoms with van der Waals surface area (Å²) in [6.07, 6.45) is 1.75. The van der Waals surface area contributed by atoms with Crippen molar-refractivity contribution in [3.8, 4) is 0 Å². The van der Waals surface area contributed by atoms with Crippen LogP contribution < -0.4 is 5.43 Å². The highest BCUT2D eigenvalue weighted by molar-refractivity contribution is 5.15. The molecule has 0 saturated carbocycles. The molecule has 0 fully saturated rings. The molecule has 1 N–H and O–H groups in total. The Hall–Kier alpha value is -1.38. The number of nitrogens with zero attached hydrogens (tertiary/aromatic N) is 1. The van der Waals surface area contributed by atoms with Gasteiger partial charge in [0.05, 0.1) is 10.9 Å². The second kappa shape index (κ2) is 6.17. The lowest BCUT2D eigenvalue weighted by atomic mass is 10.1. The van der Waals surface area contributed by atoms with Gasteiger partial charge < -0.3 is 0 Å². The first-order valence-electron chi connectivity index (χ1n) is 5.47. The zero-order chi connectivity index (χ0) is 11.1. The Labute approximate surface area is 91.0 Å².